The molecule has 0 aromatic heterocycles. The zero-order valence-electron chi connectivity index (χ0n) is 15.3. The van der Waals surface area contributed by atoms with Crippen LogP contribution in [0.5, 0.6) is 0 Å². The van der Waals surface area contributed by atoms with E-state index < -0.39 is 5.41 Å². The molecule has 1 aliphatic carbocycles. The van der Waals surface area contributed by atoms with Gasteiger partial charge in [0.2, 0.25) is 0 Å². The molecule has 0 bridgehead atoms. The molecule has 0 aromatic carbocycles. The van der Waals surface area contributed by atoms with E-state index in [1.54, 1.807) is 0 Å². The lowest BCUT2D eigenvalue weighted by Crippen LogP contribution is -2.55. The highest BCUT2D eigenvalue weighted by Crippen LogP contribution is 2.53. The van der Waals surface area contributed by atoms with Crippen LogP contribution in [0.15, 0.2) is 0 Å². The van der Waals surface area contributed by atoms with Crippen molar-refractivity contribution in [1.29, 1.82) is 0 Å². The number of ether oxygens (including phenoxy) is 1. The Morgan fingerprint density at radius 2 is 1.90 bits per heavy atom. The normalized spacial score (nSPS) is 30.8. The molecule has 1 saturated carbocycles. The Labute approximate surface area is 131 Å². The number of hydrogen-bond donors (Lipinski definition) is 0. The van der Waals surface area contributed by atoms with E-state index in [1.165, 1.54) is 12.8 Å². The number of hydrogen-bond acceptors (Lipinski definition) is 3. The Hall–Kier alpha value is -0.570. The molecule has 0 radical (unpaired) electrons. The van der Waals surface area contributed by atoms with Crippen molar-refractivity contribution in [3.63, 3.8) is 0 Å². The van der Waals surface area contributed by atoms with Gasteiger partial charge in [-0.15, -0.1) is 0 Å². The van der Waals surface area contributed by atoms with Crippen molar-refractivity contribution < 1.29 is 9.53 Å². The molecular weight excluding hydrogens is 262 g/mol. The maximum absolute atomic E-state index is 12.6. The quantitative estimate of drug-likeness (QED) is 0.715. The van der Waals surface area contributed by atoms with Crippen LogP contribution >= 0.6 is 0 Å². The van der Waals surface area contributed by atoms with Crippen molar-refractivity contribution >= 4 is 5.97 Å². The number of rotatable bonds is 5. The van der Waals surface area contributed by atoms with Crippen molar-refractivity contribution in [2.45, 2.75) is 79.4 Å². The molecule has 0 N–H and O–H groups in total. The largest absolute Gasteiger partial charge is 0.463 e. The first-order valence-electron chi connectivity index (χ1n) is 8.44. The Kier molecular flexibility index (Phi) is 5.88. The predicted octanol–water partition coefficient (Wildman–Crippen LogP) is 4.11. The van der Waals surface area contributed by atoms with Crippen LogP contribution in [0, 0.1) is 16.7 Å². The van der Waals surface area contributed by atoms with Gasteiger partial charge in [0, 0.05) is 6.04 Å². The van der Waals surface area contributed by atoms with E-state index in [4.69, 9.17) is 4.74 Å². The Balaban J connectivity index is 3.10. The van der Waals surface area contributed by atoms with Crippen LogP contribution in [0.2, 0.25) is 0 Å². The van der Waals surface area contributed by atoms with Crippen LogP contribution < -0.4 is 0 Å². The Bertz CT molecular complexity index is 362. The number of carbonyl (C=O) groups excluding carboxylic acids is 1. The van der Waals surface area contributed by atoms with Gasteiger partial charge >= 0.3 is 5.97 Å². The monoisotopic (exact) mass is 297 g/mol. The summed E-state index contributed by atoms with van der Waals surface area (Å²) in [5.74, 6) is 0.323. The van der Waals surface area contributed by atoms with E-state index in [2.05, 4.69) is 46.7 Å². The van der Waals surface area contributed by atoms with Gasteiger partial charge in [0.15, 0.2) is 0 Å². The van der Waals surface area contributed by atoms with Crippen molar-refractivity contribution in [3.8, 4) is 0 Å². The van der Waals surface area contributed by atoms with Gasteiger partial charge < -0.3 is 9.64 Å². The number of nitrogens with zero attached hydrogens (tertiary/aromatic N) is 1. The first-order valence-corrected chi connectivity index (χ1v) is 8.44. The van der Waals surface area contributed by atoms with E-state index in [1.807, 2.05) is 13.8 Å². The predicted molar refractivity (Wildman–Crippen MR) is 88.2 cm³/mol. The zero-order chi connectivity index (χ0) is 16.4. The van der Waals surface area contributed by atoms with E-state index in [0.29, 0.717) is 12.0 Å². The van der Waals surface area contributed by atoms with Gasteiger partial charge in [0.25, 0.3) is 0 Å². The standard InChI is InChI=1S/C18H35NO2/c1-9-18(6)14(11-10-12-15(18)19(7)8)17(4,5)16(20)21-13(2)3/h13-15H,9-12H2,1-8H3/t14-,15-,18?/m0/s1. The molecule has 0 amide bonds. The summed E-state index contributed by atoms with van der Waals surface area (Å²) in [5.41, 5.74) is -0.273. The van der Waals surface area contributed by atoms with Crippen LogP contribution in [0.4, 0.5) is 0 Å². The van der Waals surface area contributed by atoms with Gasteiger partial charge in [-0.05, 0) is 72.4 Å². The second-order valence-electron chi connectivity index (χ2n) is 8.00. The molecule has 0 aromatic rings. The lowest BCUT2D eigenvalue weighted by molar-refractivity contribution is -0.168. The molecular formula is C18H35NO2. The van der Waals surface area contributed by atoms with Gasteiger partial charge in [-0.3, -0.25) is 4.79 Å². The fraction of sp³-hybridized carbons (Fsp3) is 0.944. The first kappa shape index (κ1) is 18.5. The summed E-state index contributed by atoms with van der Waals surface area (Å²) in [6, 6.07) is 0.535. The van der Waals surface area contributed by atoms with Crippen LogP contribution in [0.3, 0.4) is 0 Å². The molecule has 1 fully saturated rings. The van der Waals surface area contributed by atoms with Crippen molar-refractivity contribution in [2.75, 3.05) is 14.1 Å². The van der Waals surface area contributed by atoms with Crippen molar-refractivity contribution in [2.24, 2.45) is 16.7 Å². The van der Waals surface area contributed by atoms with Gasteiger partial charge in [-0.2, -0.15) is 0 Å². The number of esters is 1. The minimum absolute atomic E-state index is 0.0402. The molecule has 1 rings (SSSR count). The molecule has 124 valence electrons. The molecule has 3 atom stereocenters. The highest BCUT2D eigenvalue weighted by molar-refractivity contribution is 5.76. The van der Waals surface area contributed by atoms with Gasteiger partial charge in [0.1, 0.15) is 0 Å². The van der Waals surface area contributed by atoms with Crippen LogP contribution in [0.1, 0.15) is 67.2 Å². The molecule has 1 aliphatic rings. The summed E-state index contributed by atoms with van der Waals surface area (Å²) in [4.78, 5) is 15.0. The lowest BCUT2D eigenvalue weighted by Gasteiger charge is -2.54. The third-order valence-corrected chi connectivity index (χ3v) is 5.65. The third-order valence-electron chi connectivity index (χ3n) is 5.65. The van der Waals surface area contributed by atoms with Gasteiger partial charge in [0.05, 0.1) is 11.5 Å². The topological polar surface area (TPSA) is 29.5 Å². The summed E-state index contributed by atoms with van der Waals surface area (Å²) >= 11 is 0. The van der Waals surface area contributed by atoms with Crippen LogP contribution in [-0.4, -0.2) is 37.1 Å². The van der Waals surface area contributed by atoms with E-state index >= 15 is 0 Å². The molecule has 21 heavy (non-hydrogen) atoms. The summed E-state index contributed by atoms with van der Waals surface area (Å²) in [6.45, 7) is 12.6. The summed E-state index contributed by atoms with van der Waals surface area (Å²) in [5, 5.41) is 0. The smallest absolute Gasteiger partial charge is 0.312 e. The van der Waals surface area contributed by atoms with Crippen molar-refractivity contribution in [1.82, 2.24) is 4.90 Å². The maximum Gasteiger partial charge on any atom is 0.312 e. The van der Waals surface area contributed by atoms with Crippen molar-refractivity contribution in [3.05, 3.63) is 0 Å². The molecule has 0 aliphatic heterocycles. The summed E-state index contributed by atoms with van der Waals surface area (Å²) in [7, 11) is 4.33. The Morgan fingerprint density at radius 3 is 2.33 bits per heavy atom. The van der Waals surface area contributed by atoms with E-state index in [9.17, 15) is 4.79 Å². The highest BCUT2D eigenvalue weighted by atomic mass is 16.5. The zero-order valence-corrected chi connectivity index (χ0v) is 15.3. The van der Waals surface area contributed by atoms with Crippen LogP contribution in [0.25, 0.3) is 0 Å². The fourth-order valence-electron chi connectivity index (χ4n) is 4.43. The molecule has 0 spiro atoms. The van der Waals surface area contributed by atoms with Crippen LogP contribution in [-0.2, 0) is 9.53 Å². The summed E-state index contributed by atoms with van der Waals surface area (Å²) < 4.78 is 5.55. The second kappa shape index (κ2) is 6.68. The average Bonchev–Trinajstić information content (AvgIpc) is 2.37. The number of carbonyl (C=O) groups is 1. The summed E-state index contributed by atoms with van der Waals surface area (Å²) in [6.07, 6.45) is 4.59. The average molecular weight is 297 g/mol. The minimum atomic E-state index is -0.427. The van der Waals surface area contributed by atoms with Gasteiger partial charge in [-0.25, -0.2) is 0 Å². The molecule has 0 heterocycles. The Morgan fingerprint density at radius 1 is 1.33 bits per heavy atom. The fourth-order valence-corrected chi connectivity index (χ4v) is 4.43. The molecule has 1 unspecified atom stereocenters. The molecule has 3 heteroatoms. The third kappa shape index (κ3) is 3.61. The van der Waals surface area contributed by atoms with E-state index in [-0.39, 0.29) is 17.5 Å². The molecule has 3 nitrogen and oxygen atoms in total. The highest BCUT2D eigenvalue weighted by Gasteiger charge is 2.52. The minimum Gasteiger partial charge on any atom is -0.463 e. The SMILES string of the molecule is CCC1(C)[C@@H](N(C)C)CCC[C@H]1C(C)(C)C(=O)OC(C)C. The first-order chi connectivity index (χ1) is 9.57. The van der Waals surface area contributed by atoms with Gasteiger partial charge in [-0.1, -0.05) is 20.3 Å². The maximum atomic E-state index is 12.6. The second-order valence-corrected chi connectivity index (χ2v) is 8.00. The molecule has 0 saturated heterocycles. The van der Waals surface area contributed by atoms with E-state index in [0.717, 1.165) is 12.8 Å². The lowest BCUT2D eigenvalue weighted by atomic mass is 9.54.